The molecule has 0 amide bonds. The zero-order valence-corrected chi connectivity index (χ0v) is 45.1. The maximum Gasteiger partial charge on any atom is 0.171 e. The van der Waals surface area contributed by atoms with Gasteiger partial charge < -0.3 is 9.13 Å². The lowest BCUT2D eigenvalue weighted by Crippen LogP contribution is -2.30. The van der Waals surface area contributed by atoms with E-state index in [0.717, 1.165) is 65.2 Å². The van der Waals surface area contributed by atoms with Crippen molar-refractivity contribution >= 4 is 56.9 Å². The number of aryl methyl sites for hydroxylation is 2. The first kappa shape index (κ1) is 46.6. The fourth-order valence-corrected chi connectivity index (χ4v) is 19.3. The van der Waals surface area contributed by atoms with Gasteiger partial charge in [0.1, 0.15) is 0 Å². The van der Waals surface area contributed by atoms with E-state index in [0.29, 0.717) is 0 Å². The molecule has 3 aliphatic rings. The molecule has 0 bridgehead atoms. The van der Waals surface area contributed by atoms with Crippen molar-refractivity contribution in [2.24, 2.45) is 0 Å². The average Bonchev–Trinajstić information content (AvgIpc) is 2.57. The summed E-state index contributed by atoms with van der Waals surface area (Å²) in [6.07, 6.45) is 0. The van der Waals surface area contributed by atoms with Crippen molar-refractivity contribution in [3.63, 3.8) is 0 Å². The first-order chi connectivity index (χ1) is 38.3. The molecule has 0 saturated carbocycles. The van der Waals surface area contributed by atoms with Crippen molar-refractivity contribution in [1.82, 2.24) is 0 Å². The molecule has 0 N–H and O–H groups in total. The summed E-state index contributed by atoms with van der Waals surface area (Å²) in [5, 5.41) is 7.21. The summed E-state index contributed by atoms with van der Waals surface area (Å²) < 4.78 is 33.3. The Morgan fingerprint density at radius 2 is 0.731 bits per heavy atom. The predicted octanol–water partition coefficient (Wildman–Crippen LogP) is 15.9. The largest absolute Gasteiger partial charge is 0.309 e. The Labute approximate surface area is 456 Å². The van der Waals surface area contributed by atoms with Crippen molar-refractivity contribution in [2.75, 3.05) is 0 Å². The van der Waals surface area contributed by atoms with E-state index in [1.54, 1.807) is 0 Å². The number of rotatable bonds is 8. The van der Waals surface area contributed by atoms with E-state index in [1.807, 2.05) is 121 Å². The molecule has 1 unspecified atom stereocenters. The Bertz CT molecular complexity index is 4380. The standard InChI is InChI=1S/C74H52O2P2/c1-48-44-63-64(45-49(48)2)71-62-43-41-56(78(76,53-30-14-6-15-31-53)54-32-16-7-17-33-54)47-68(62)74(66-38-22-20-35-58(66)59-36-21-23-39-67(59)74)73(71)72-69(60-37-19-18-34-57(60)50-24-8-3-9-25-50)65-46-55(40-42-61(65)70(63)72)77(75,51-26-10-4-11-27-51)52-28-12-5-13-29-52/h3-47,69H,1-2H3. The maximum atomic E-state index is 16.7. The molecule has 0 fully saturated rings. The second-order valence-electron chi connectivity index (χ2n) is 21.3. The number of benzene rings is 12. The van der Waals surface area contributed by atoms with Crippen LogP contribution in [0.5, 0.6) is 0 Å². The smallest absolute Gasteiger partial charge is 0.171 e. The summed E-state index contributed by atoms with van der Waals surface area (Å²) in [5.41, 5.74) is 19.4. The van der Waals surface area contributed by atoms with Gasteiger partial charge in [0.25, 0.3) is 0 Å². The van der Waals surface area contributed by atoms with Gasteiger partial charge in [-0.3, -0.25) is 0 Å². The molecular formula is C74H52O2P2. The van der Waals surface area contributed by atoms with Crippen LogP contribution in [0.2, 0.25) is 0 Å². The fourth-order valence-electron chi connectivity index (χ4n) is 14.0. The lowest BCUT2D eigenvalue weighted by molar-refractivity contribution is 0.591. The summed E-state index contributed by atoms with van der Waals surface area (Å²) >= 11 is 0. The Morgan fingerprint density at radius 3 is 1.24 bits per heavy atom. The van der Waals surface area contributed by atoms with Crippen LogP contribution in [-0.2, 0) is 14.5 Å². The molecule has 3 aliphatic carbocycles. The van der Waals surface area contributed by atoms with Crippen molar-refractivity contribution in [2.45, 2.75) is 25.2 Å². The quantitative estimate of drug-likeness (QED) is 0.142. The van der Waals surface area contributed by atoms with Crippen LogP contribution in [0.3, 0.4) is 0 Å². The molecule has 1 atom stereocenters. The average molecular weight is 1040 g/mol. The van der Waals surface area contributed by atoms with Gasteiger partial charge >= 0.3 is 0 Å². The van der Waals surface area contributed by atoms with Gasteiger partial charge in [-0.05, 0) is 131 Å². The molecule has 12 aromatic carbocycles. The minimum atomic E-state index is -3.46. The summed E-state index contributed by atoms with van der Waals surface area (Å²) in [5.74, 6) is -0.309. The molecule has 4 heteroatoms. The second kappa shape index (κ2) is 17.7. The SMILES string of the molecule is Cc1cc2c3c(c4c(c2cc1C)-c1ccc(P(=O)(c2ccccc2)c2ccccc2)cc1C41c2ccccc2-c2ccccc21)C(c1ccccc1-c1ccccc1)c1cc(P(=O)(c2ccccc2)c2ccccc2)ccc1-3. The Balaban J connectivity index is 1.13. The molecule has 2 nitrogen and oxygen atoms in total. The van der Waals surface area contributed by atoms with Gasteiger partial charge in [-0.1, -0.05) is 261 Å². The number of hydrogen-bond acceptors (Lipinski definition) is 2. The molecule has 0 aliphatic heterocycles. The predicted molar refractivity (Wildman–Crippen MR) is 327 cm³/mol. The van der Waals surface area contributed by atoms with E-state index in [-0.39, 0.29) is 5.92 Å². The zero-order chi connectivity index (χ0) is 52.3. The summed E-state index contributed by atoms with van der Waals surface area (Å²) in [6, 6.07) is 96.6. The van der Waals surface area contributed by atoms with Gasteiger partial charge in [0.05, 0.1) is 5.41 Å². The molecule has 0 heterocycles. The first-order valence-corrected chi connectivity index (χ1v) is 30.4. The molecular weight excluding hydrogens is 983 g/mol. The summed E-state index contributed by atoms with van der Waals surface area (Å²) in [6.45, 7) is 4.48. The number of hydrogen-bond donors (Lipinski definition) is 0. The van der Waals surface area contributed by atoms with Crippen molar-refractivity contribution in [3.8, 4) is 44.5 Å². The second-order valence-corrected chi connectivity index (χ2v) is 26.8. The zero-order valence-electron chi connectivity index (χ0n) is 43.3. The molecule has 370 valence electrons. The third-order valence-electron chi connectivity index (χ3n) is 17.4. The van der Waals surface area contributed by atoms with Crippen LogP contribution in [0, 0.1) is 13.8 Å². The van der Waals surface area contributed by atoms with E-state index in [2.05, 4.69) is 166 Å². The maximum absolute atomic E-state index is 16.7. The number of fused-ring (bicyclic) bond motifs is 17. The molecule has 1 spiro atoms. The Kier molecular flexibility index (Phi) is 10.6. The molecule has 78 heavy (non-hydrogen) atoms. The van der Waals surface area contributed by atoms with Crippen LogP contribution < -0.4 is 31.8 Å². The third-order valence-corrected chi connectivity index (χ3v) is 23.5. The van der Waals surface area contributed by atoms with Crippen molar-refractivity contribution < 1.29 is 9.13 Å². The highest BCUT2D eigenvalue weighted by Gasteiger charge is 2.56. The van der Waals surface area contributed by atoms with E-state index in [1.165, 1.54) is 72.0 Å². The lowest BCUT2D eigenvalue weighted by Gasteiger charge is -2.34. The minimum Gasteiger partial charge on any atom is -0.309 e. The minimum absolute atomic E-state index is 0.309. The summed E-state index contributed by atoms with van der Waals surface area (Å²) in [7, 11) is -6.89. The highest BCUT2D eigenvalue weighted by Crippen LogP contribution is 2.69. The van der Waals surface area contributed by atoms with E-state index in [4.69, 9.17) is 0 Å². The molecule has 15 rings (SSSR count). The van der Waals surface area contributed by atoms with Crippen LogP contribution in [0.4, 0.5) is 0 Å². The van der Waals surface area contributed by atoms with Crippen LogP contribution in [0.15, 0.2) is 273 Å². The lowest BCUT2D eigenvalue weighted by atomic mass is 9.66. The van der Waals surface area contributed by atoms with Gasteiger partial charge in [-0.25, -0.2) is 0 Å². The summed E-state index contributed by atoms with van der Waals surface area (Å²) in [4.78, 5) is 0. The monoisotopic (exact) mass is 1030 g/mol. The first-order valence-electron chi connectivity index (χ1n) is 27.0. The third kappa shape index (κ3) is 6.46. The highest BCUT2D eigenvalue weighted by atomic mass is 31.2. The van der Waals surface area contributed by atoms with Gasteiger partial charge in [0, 0.05) is 37.7 Å². The van der Waals surface area contributed by atoms with E-state index >= 15 is 9.13 Å². The highest BCUT2D eigenvalue weighted by molar-refractivity contribution is 7.85. The van der Waals surface area contributed by atoms with Crippen LogP contribution in [0.1, 0.15) is 56.0 Å². The van der Waals surface area contributed by atoms with Gasteiger partial charge in [-0.15, -0.1) is 0 Å². The van der Waals surface area contributed by atoms with Crippen LogP contribution >= 0.6 is 14.3 Å². The van der Waals surface area contributed by atoms with Crippen LogP contribution in [-0.4, -0.2) is 0 Å². The Hall–Kier alpha value is -8.64. The molecule has 0 saturated heterocycles. The van der Waals surface area contributed by atoms with E-state index in [9.17, 15) is 0 Å². The van der Waals surface area contributed by atoms with Crippen molar-refractivity contribution in [3.05, 3.63) is 323 Å². The van der Waals surface area contributed by atoms with E-state index < -0.39 is 19.7 Å². The molecule has 0 aromatic heterocycles. The fraction of sp³-hybridized carbons (Fsp3) is 0.0541. The van der Waals surface area contributed by atoms with Gasteiger partial charge in [0.15, 0.2) is 14.3 Å². The normalized spacial score (nSPS) is 14.4. The van der Waals surface area contributed by atoms with Gasteiger partial charge in [-0.2, -0.15) is 0 Å². The topological polar surface area (TPSA) is 34.1 Å². The Morgan fingerprint density at radius 1 is 0.321 bits per heavy atom. The molecule has 12 aromatic rings. The van der Waals surface area contributed by atoms with Crippen LogP contribution in [0.25, 0.3) is 55.3 Å². The molecule has 0 radical (unpaired) electrons. The van der Waals surface area contributed by atoms with Crippen molar-refractivity contribution in [1.29, 1.82) is 0 Å². The van der Waals surface area contributed by atoms with Gasteiger partial charge in [0.2, 0.25) is 0 Å².